The summed E-state index contributed by atoms with van der Waals surface area (Å²) in [7, 11) is 0. The third-order valence-electron chi connectivity index (χ3n) is 4.10. The Labute approximate surface area is 133 Å². The van der Waals surface area contributed by atoms with Crippen molar-refractivity contribution in [1.29, 1.82) is 0 Å². The maximum atomic E-state index is 11.9. The molecule has 0 spiro atoms. The van der Waals surface area contributed by atoms with E-state index in [1.165, 1.54) is 6.92 Å². The van der Waals surface area contributed by atoms with Gasteiger partial charge >= 0.3 is 0 Å². The van der Waals surface area contributed by atoms with Crippen molar-refractivity contribution in [1.82, 2.24) is 9.88 Å². The molecule has 3 rings (SSSR count). The lowest BCUT2D eigenvalue weighted by atomic mass is 10.1. The van der Waals surface area contributed by atoms with E-state index in [1.807, 2.05) is 23.1 Å². The van der Waals surface area contributed by atoms with E-state index in [0.29, 0.717) is 44.1 Å². The van der Waals surface area contributed by atoms with Crippen molar-refractivity contribution >= 4 is 17.3 Å². The van der Waals surface area contributed by atoms with Crippen LogP contribution < -0.4 is 21.1 Å². The van der Waals surface area contributed by atoms with Crippen LogP contribution >= 0.6 is 0 Å². The van der Waals surface area contributed by atoms with E-state index in [-0.39, 0.29) is 5.91 Å². The van der Waals surface area contributed by atoms with Crippen LogP contribution in [0.1, 0.15) is 12.6 Å². The largest absolute Gasteiger partial charge is 0.374 e. The lowest BCUT2D eigenvalue weighted by molar-refractivity contribution is -0.129. The Morgan fingerprint density at radius 1 is 1.17 bits per heavy atom. The standard InChI is InChI=1S/C16H18N4O3/c1-11(21)19-6-8-20(9-7-19)14-13(15(22)16(14)23)18-10-12-4-2-3-5-17-12/h2-5,18H,6-10H2,1H3. The fourth-order valence-electron chi connectivity index (χ4n) is 2.77. The molecule has 120 valence electrons. The minimum Gasteiger partial charge on any atom is -0.374 e. The van der Waals surface area contributed by atoms with Crippen molar-refractivity contribution < 1.29 is 4.79 Å². The van der Waals surface area contributed by atoms with Gasteiger partial charge in [-0.25, -0.2) is 0 Å². The molecule has 0 saturated carbocycles. The number of carbonyl (C=O) groups excluding carboxylic acids is 1. The van der Waals surface area contributed by atoms with E-state index in [9.17, 15) is 14.4 Å². The molecule has 0 bridgehead atoms. The summed E-state index contributed by atoms with van der Waals surface area (Å²) in [4.78, 5) is 42.9. The van der Waals surface area contributed by atoms with E-state index in [4.69, 9.17) is 0 Å². The van der Waals surface area contributed by atoms with Crippen molar-refractivity contribution in [2.45, 2.75) is 13.5 Å². The Balaban J connectivity index is 1.70. The highest BCUT2D eigenvalue weighted by Crippen LogP contribution is 2.22. The fourth-order valence-corrected chi connectivity index (χ4v) is 2.77. The van der Waals surface area contributed by atoms with Crippen molar-refractivity contribution in [3.05, 3.63) is 50.5 Å². The summed E-state index contributed by atoms with van der Waals surface area (Å²) in [6.45, 7) is 4.17. The molecule has 1 N–H and O–H groups in total. The second-order valence-corrected chi connectivity index (χ2v) is 5.55. The molecule has 0 aliphatic carbocycles. The third-order valence-corrected chi connectivity index (χ3v) is 4.10. The molecule has 7 nitrogen and oxygen atoms in total. The Morgan fingerprint density at radius 3 is 2.52 bits per heavy atom. The minimum atomic E-state index is -0.482. The van der Waals surface area contributed by atoms with E-state index in [0.717, 1.165) is 5.69 Å². The van der Waals surface area contributed by atoms with E-state index in [1.54, 1.807) is 11.1 Å². The number of hydrogen-bond acceptors (Lipinski definition) is 6. The molecule has 1 aromatic carbocycles. The predicted molar refractivity (Wildman–Crippen MR) is 87.4 cm³/mol. The van der Waals surface area contributed by atoms with Crippen LogP contribution in [0.3, 0.4) is 0 Å². The summed E-state index contributed by atoms with van der Waals surface area (Å²) in [6, 6.07) is 5.54. The molecule has 1 amide bonds. The molecular weight excluding hydrogens is 296 g/mol. The molecule has 1 saturated heterocycles. The number of carbonyl (C=O) groups is 1. The third kappa shape index (κ3) is 2.94. The number of hydrogen-bond donors (Lipinski definition) is 1. The number of anilines is 2. The summed E-state index contributed by atoms with van der Waals surface area (Å²) >= 11 is 0. The molecule has 1 aliphatic rings. The van der Waals surface area contributed by atoms with Crippen LogP contribution in [0.2, 0.25) is 0 Å². The van der Waals surface area contributed by atoms with Gasteiger partial charge in [0.05, 0.1) is 12.2 Å². The summed E-state index contributed by atoms with van der Waals surface area (Å²) in [5, 5.41) is 3.02. The molecule has 0 unspecified atom stereocenters. The molecule has 0 atom stereocenters. The summed E-state index contributed by atoms with van der Waals surface area (Å²) in [6.07, 6.45) is 1.68. The van der Waals surface area contributed by atoms with Crippen molar-refractivity contribution in [2.75, 3.05) is 36.4 Å². The average Bonchev–Trinajstić information content (AvgIpc) is 2.58. The van der Waals surface area contributed by atoms with Gasteiger partial charge in [-0.15, -0.1) is 0 Å². The Bertz CT molecular complexity index is 772. The van der Waals surface area contributed by atoms with Gasteiger partial charge in [-0.3, -0.25) is 19.4 Å². The van der Waals surface area contributed by atoms with Gasteiger partial charge in [-0.1, -0.05) is 6.07 Å². The summed E-state index contributed by atoms with van der Waals surface area (Å²) in [5.41, 5.74) is 0.661. The fraction of sp³-hybridized carbons (Fsp3) is 0.375. The second kappa shape index (κ2) is 6.20. The molecule has 2 heterocycles. The van der Waals surface area contributed by atoms with Crippen LogP contribution in [0.15, 0.2) is 34.0 Å². The van der Waals surface area contributed by atoms with Gasteiger partial charge in [0, 0.05) is 39.3 Å². The lowest BCUT2D eigenvalue weighted by Gasteiger charge is -2.36. The topological polar surface area (TPSA) is 82.6 Å². The van der Waals surface area contributed by atoms with Gasteiger partial charge in [0.15, 0.2) is 0 Å². The van der Waals surface area contributed by atoms with E-state index < -0.39 is 10.9 Å². The van der Waals surface area contributed by atoms with Gasteiger partial charge in [-0.05, 0) is 12.1 Å². The van der Waals surface area contributed by atoms with Crippen LogP contribution in [0.4, 0.5) is 11.4 Å². The SMILES string of the molecule is CC(=O)N1CCN(c2c(NCc3ccccn3)c(=O)c2=O)CC1. The minimum absolute atomic E-state index is 0.0307. The molecule has 23 heavy (non-hydrogen) atoms. The van der Waals surface area contributed by atoms with Crippen LogP contribution in [-0.4, -0.2) is 42.0 Å². The van der Waals surface area contributed by atoms with Crippen molar-refractivity contribution in [3.63, 3.8) is 0 Å². The van der Waals surface area contributed by atoms with E-state index >= 15 is 0 Å². The Hall–Kier alpha value is -2.70. The number of piperazine rings is 1. The zero-order chi connectivity index (χ0) is 16.4. The van der Waals surface area contributed by atoms with Crippen LogP contribution in [0.5, 0.6) is 0 Å². The highest BCUT2D eigenvalue weighted by Gasteiger charge is 2.28. The number of nitrogens with one attached hydrogen (secondary N) is 1. The first-order valence-electron chi connectivity index (χ1n) is 7.55. The highest BCUT2D eigenvalue weighted by molar-refractivity contribution is 5.76. The van der Waals surface area contributed by atoms with Gasteiger partial charge < -0.3 is 15.1 Å². The summed E-state index contributed by atoms with van der Waals surface area (Å²) in [5.74, 6) is 0.0307. The number of amides is 1. The van der Waals surface area contributed by atoms with Crippen molar-refractivity contribution in [2.24, 2.45) is 0 Å². The molecule has 1 fully saturated rings. The predicted octanol–water partition coefficient (Wildman–Crippen LogP) is -0.0418. The zero-order valence-electron chi connectivity index (χ0n) is 12.9. The highest BCUT2D eigenvalue weighted by atomic mass is 16.2. The molecule has 1 aliphatic heterocycles. The molecule has 2 aromatic rings. The normalized spacial score (nSPS) is 15.0. The second-order valence-electron chi connectivity index (χ2n) is 5.55. The quantitative estimate of drug-likeness (QED) is 0.797. The Morgan fingerprint density at radius 2 is 1.91 bits per heavy atom. The smallest absolute Gasteiger partial charge is 0.253 e. The van der Waals surface area contributed by atoms with Crippen LogP contribution in [0, 0.1) is 0 Å². The van der Waals surface area contributed by atoms with Crippen LogP contribution in [0.25, 0.3) is 0 Å². The molecule has 0 radical (unpaired) electrons. The lowest BCUT2D eigenvalue weighted by Crippen LogP contribution is -2.52. The number of aromatic nitrogens is 1. The molecule has 1 aromatic heterocycles. The summed E-state index contributed by atoms with van der Waals surface area (Å²) < 4.78 is 0. The first kappa shape index (κ1) is 15.2. The average molecular weight is 314 g/mol. The maximum Gasteiger partial charge on any atom is 0.253 e. The number of nitrogens with zero attached hydrogens (tertiary/aromatic N) is 3. The first-order valence-corrected chi connectivity index (χ1v) is 7.55. The number of pyridine rings is 1. The molecular formula is C16H18N4O3. The van der Waals surface area contributed by atoms with Gasteiger partial charge in [-0.2, -0.15) is 0 Å². The van der Waals surface area contributed by atoms with Crippen LogP contribution in [-0.2, 0) is 11.3 Å². The first-order chi connectivity index (χ1) is 11.1. The Kier molecular flexibility index (Phi) is 4.10. The number of rotatable bonds is 4. The monoisotopic (exact) mass is 314 g/mol. The maximum absolute atomic E-state index is 11.9. The zero-order valence-corrected chi connectivity index (χ0v) is 12.9. The van der Waals surface area contributed by atoms with Gasteiger partial charge in [0.1, 0.15) is 11.4 Å². The van der Waals surface area contributed by atoms with Gasteiger partial charge in [0.2, 0.25) is 5.91 Å². The van der Waals surface area contributed by atoms with Gasteiger partial charge in [0.25, 0.3) is 10.9 Å². The van der Waals surface area contributed by atoms with Crippen molar-refractivity contribution in [3.8, 4) is 0 Å². The van der Waals surface area contributed by atoms with E-state index in [2.05, 4.69) is 10.3 Å². The molecule has 7 heteroatoms.